The Morgan fingerprint density at radius 1 is 1.55 bits per heavy atom. The van der Waals surface area contributed by atoms with E-state index in [-0.39, 0.29) is 0 Å². The largest absolute Gasteiger partial charge is 0.375 e. The molecule has 2 heterocycles. The summed E-state index contributed by atoms with van der Waals surface area (Å²) < 4.78 is 1.05. The number of rotatable bonds is 0. The average Bonchev–Trinajstić information content (AvgIpc) is 2.27. The molecule has 0 atom stereocenters. The summed E-state index contributed by atoms with van der Waals surface area (Å²) in [5.41, 5.74) is 7.44. The van der Waals surface area contributed by atoms with Crippen LogP contribution in [0, 0.1) is 6.92 Å². The number of fused-ring (bicyclic) bond motifs is 1. The van der Waals surface area contributed by atoms with E-state index in [2.05, 4.69) is 9.97 Å². The molecule has 0 aliphatic heterocycles. The van der Waals surface area contributed by atoms with Crippen molar-refractivity contribution in [3.05, 3.63) is 18.0 Å². The van der Waals surface area contributed by atoms with Crippen molar-refractivity contribution in [3.63, 3.8) is 0 Å². The molecule has 0 fully saturated rings. The van der Waals surface area contributed by atoms with Crippen LogP contribution in [0.1, 0.15) is 5.69 Å². The molecule has 56 valence electrons. The lowest BCUT2D eigenvalue weighted by Crippen LogP contribution is -1.80. The number of anilines is 1. The van der Waals surface area contributed by atoms with Crippen molar-refractivity contribution < 1.29 is 0 Å². The Hall–Kier alpha value is -1.16. The van der Waals surface area contributed by atoms with Crippen molar-refractivity contribution in [1.29, 1.82) is 0 Å². The summed E-state index contributed by atoms with van der Waals surface area (Å²) in [6.45, 7) is 1.94. The third kappa shape index (κ3) is 1.05. The van der Waals surface area contributed by atoms with E-state index in [1.54, 1.807) is 6.20 Å². The maximum absolute atomic E-state index is 5.52. The molecule has 0 unspecified atom stereocenters. The summed E-state index contributed by atoms with van der Waals surface area (Å²) in [6.07, 6.45) is 1.80. The first-order valence-corrected chi connectivity index (χ1v) is 4.06. The minimum absolute atomic E-state index is 0.604. The average molecular weight is 165 g/mol. The number of aromatic nitrogens is 2. The Labute approximate surface area is 67.9 Å². The van der Waals surface area contributed by atoms with E-state index < -0.39 is 0 Å². The van der Waals surface area contributed by atoms with E-state index in [1.807, 2.05) is 13.0 Å². The molecule has 0 saturated carbocycles. The summed E-state index contributed by atoms with van der Waals surface area (Å²) in [5, 5.41) is 0.604. The number of aryl methyl sites for hydroxylation is 1. The van der Waals surface area contributed by atoms with Gasteiger partial charge in [-0.25, -0.2) is 4.98 Å². The van der Waals surface area contributed by atoms with E-state index >= 15 is 0 Å². The van der Waals surface area contributed by atoms with Crippen LogP contribution in [0.15, 0.2) is 12.3 Å². The standard InChI is InChI=1S/C7H7N3S/c1-4-2-5-6(3-9-4)11-7(8)10-5/h2-3H,1H3,(H2,8,10). The number of nitrogens with zero attached hydrogens (tertiary/aromatic N) is 2. The molecule has 3 nitrogen and oxygen atoms in total. The predicted molar refractivity (Wildman–Crippen MR) is 46.6 cm³/mol. The van der Waals surface area contributed by atoms with Crippen molar-refractivity contribution in [3.8, 4) is 0 Å². The fraction of sp³-hybridized carbons (Fsp3) is 0.143. The molecule has 2 aromatic rings. The third-order valence-corrected chi connectivity index (χ3v) is 2.26. The Morgan fingerprint density at radius 3 is 3.18 bits per heavy atom. The lowest BCUT2D eigenvalue weighted by molar-refractivity contribution is 1.22. The van der Waals surface area contributed by atoms with Gasteiger partial charge in [0.25, 0.3) is 0 Å². The second-order valence-corrected chi connectivity index (χ2v) is 3.41. The number of thiazole rings is 1. The quantitative estimate of drug-likeness (QED) is 0.644. The van der Waals surface area contributed by atoms with Gasteiger partial charge in [0.15, 0.2) is 5.13 Å². The Bertz CT molecular complexity index is 393. The van der Waals surface area contributed by atoms with Crippen LogP contribution in [0.2, 0.25) is 0 Å². The Kier molecular flexibility index (Phi) is 1.29. The van der Waals surface area contributed by atoms with E-state index in [9.17, 15) is 0 Å². The second kappa shape index (κ2) is 2.17. The summed E-state index contributed by atoms with van der Waals surface area (Å²) in [6, 6.07) is 1.93. The van der Waals surface area contributed by atoms with E-state index in [0.29, 0.717) is 5.13 Å². The molecule has 0 spiro atoms. The van der Waals surface area contributed by atoms with Gasteiger partial charge in [0.05, 0.1) is 10.2 Å². The number of hydrogen-bond donors (Lipinski definition) is 1. The normalized spacial score (nSPS) is 10.6. The van der Waals surface area contributed by atoms with Crippen molar-refractivity contribution in [2.75, 3.05) is 5.73 Å². The fourth-order valence-corrected chi connectivity index (χ4v) is 1.64. The number of pyridine rings is 1. The molecule has 2 aromatic heterocycles. The van der Waals surface area contributed by atoms with Gasteiger partial charge in [-0.05, 0) is 13.0 Å². The molecule has 11 heavy (non-hydrogen) atoms. The van der Waals surface area contributed by atoms with Gasteiger partial charge >= 0.3 is 0 Å². The van der Waals surface area contributed by atoms with Crippen LogP contribution in [0.3, 0.4) is 0 Å². The number of hydrogen-bond acceptors (Lipinski definition) is 4. The van der Waals surface area contributed by atoms with Gasteiger partial charge in [-0.3, -0.25) is 4.98 Å². The van der Waals surface area contributed by atoms with Gasteiger partial charge < -0.3 is 5.73 Å². The smallest absolute Gasteiger partial charge is 0.181 e. The highest BCUT2D eigenvalue weighted by molar-refractivity contribution is 7.22. The molecular weight excluding hydrogens is 158 g/mol. The molecular formula is C7H7N3S. The highest BCUT2D eigenvalue weighted by atomic mass is 32.1. The molecule has 0 bridgehead atoms. The molecule has 0 amide bonds. The van der Waals surface area contributed by atoms with Crippen LogP contribution in [0.4, 0.5) is 5.13 Å². The van der Waals surface area contributed by atoms with Crippen LogP contribution in [0.5, 0.6) is 0 Å². The summed E-state index contributed by atoms with van der Waals surface area (Å²) in [7, 11) is 0. The van der Waals surface area contributed by atoms with Gasteiger partial charge in [-0.1, -0.05) is 11.3 Å². The van der Waals surface area contributed by atoms with E-state index in [1.165, 1.54) is 11.3 Å². The fourth-order valence-electron chi connectivity index (χ4n) is 0.953. The molecule has 0 aliphatic rings. The number of nitrogen functional groups attached to an aromatic ring is 1. The van der Waals surface area contributed by atoms with E-state index in [0.717, 1.165) is 15.9 Å². The maximum Gasteiger partial charge on any atom is 0.181 e. The van der Waals surface area contributed by atoms with Crippen LogP contribution in [0.25, 0.3) is 10.2 Å². The minimum atomic E-state index is 0.604. The lowest BCUT2D eigenvalue weighted by Gasteiger charge is -1.87. The molecule has 2 rings (SSSR count). The van der Waals surface area contributed by atoms with Gasteiger partial charge in [0.2, 0.25) is 0 Å². The SMILES string of the molecule is Cc1cc2nc(N)sc2cn1. The topological polar surface area (TPSA) is 51.8 Å². The zero-order chi connectivity index (χ0) is 7.84. The van der Waals surface area contributed by atoms with Gasteiger partial charge in [-0.2, -0.15) is 0 Å². The van der Waals surface area contributed by atoms with Crippen molar-refractivity contribution >= 4 is 26.7 Å². The molecule has 0 aromatic carbocycles. The van der Waals surface area contributed by atoms with Gasteiger partial charge in [0.1, 0.15) is 0 Å². The zero-order valence-corrected chi connectivity index (χ0v) is 6.85. The predicted octanol–water partition coefficient (Wildman–Crippen LogP) is 1.58. The molecule has 2 N–H and O–H groups in total. The molecule has 0 radical (unpaired) electrons. The monoisotopic (exact) mass is 165 g/mol. The first kappa shape index (κ1) is 6.54. The first-order chi connectivity index (χ1) is 5.25. The van der Waals surface area contributed by atoms with Crippen molar-refractivity contribution in [1.82, 2.24) is 9.97 Å². The Balaban J connectivity index is 2.82. The number of nitrogens with two attached hydrogens (primary N) is 1. The van der Waals surface area contributed by atoms with Gasteiger partial charge in [0, 0.05) is 11.9 Å². The molecule has 0 aliphatic carbocycles. The highest BCUT2D eigenvalue weighted by Gasteiger charge is 1.99. The van der Waals surface area contributed by atoms with E-state index in [4.69, 9.17) is 5.73 Å². The minimum Gasteiger partial charge on any atom is -0.375 e. The summed E-state index contributed by atoms with van der Waals surface area (Å²) in [4.78, 5) is 8.27. The lowest BCUT2D eigenvalue weighted by atomic mass is 10.3. The first-order valence-electron chi connectivity index (χ1n) is 3.24. The summed E-state index contributed by atoms with van der Waals surface area (Å²) >= 11 is 1.46. The third-order valence-electron chi connectivity index (χ3n) is 1.43. The Morgan fingerprint density at radius 2 is 2.36 bits per heavy atom. The van der Waals surface area contributed by atoms with Gasteiger partial charge in [-0.15, -0.1) is 0 Å². The van der Waals surface area contributed by atoms with Crippen LogP contribution in [-0.2, 0) is 0 Å². The zero-order valence-electron chi connectivity index (χ0n) is 6.03. The molecule has 4 heteroatoms. The van der Waals surface area contributed by atoms with Crippen LogP contribution < -0.4 is 5.73 Å². The van der Waals surface area contributed by atoms with Crippen LogP contribution >= 0.6 is 11.3 Å². The summed E-state index contributed by atoms with van der Waals surface area (Å²) in [5.74, 6) is 0. The maximum atomic E-state index is 5.52. The second-order valence-electron chi connectivity index (χ2n) is 2.35. The van der Waals surface area contributed by atoms with Crippen LogP contribution in [-0.4, -0.2) is 9.97 Å². The highest BCUT2D eigenvalue weighted by Crippen LogP contribution is 2.22. The molecule has 0 saturated heterocycles. The van der Waals surface area contributed by atoms with Crippen molar-refractivity contribution in [2.45, 2.75) is 6.92 Å². The van der Waals surface area contributed by atoms with Crippen molar-refractivity contribution in [2.24, 2.45) is 0 Å².